The van der Waals surface area contributed by atoms with Crippen LogP contribution in [0.1, 0.15) is 26.3 Å². The van der Waals surface area contributed by atoms with Crippen LogP contribution in [0.3, 0.4) is 0 Å². The molecule has 5 heteroatoms. The molecule has 118 valence electrons. The normalized spacial score (nSPS) is 13.6. The molecule has 0 saturated heterocycles. The minimum Gasteiger partial charge on any atom is -0.274 e. The van der Waals surface area contributed by atoms with Crippen molar-refractivity contribution < 1.29 is 9.59 Å². The summed E-state index contributed by atoms with van der Waals surface area (Å²) < 4.78 is 0. The highest BCUT2D eigenvalue weighted by Crippen LogP contribution is 2.25. The largest absolute Gasteiger partial charge is 0.274 e. The first kappa shape index (κ1) is 14.8. The van der Waals surface area contributed by atoms with Crippen molar-refractivity contribution >= 4 is 34.3 Å². The van der Waals surface area contributed by atoms with Gasteiger partial charge in [0.25, 0.3) is 11.8 Å². The first-order chi connectivity index (χ1) is 11.6. The van der Waals surface area contributed by atoms with Gasteiger partial charge in [-0.15, -0.1) is 0 Å². The van der Waals surface area contributed by atoms with E-state index in [1.165, 1.54) is 4.90 Å². The lowest BCUT2D eigenvalue weighted by molar-refractivity contribution is 0.0656. The second-order valence-corrected chi connectivity index (χ2v) is 6.05. The van der Waals surface area contributed by atoms with Crippen molar-refractivity contribution in [1.29, 1.82) is 0 Å². The highest BCUT2D eigenvalue weighted by Gasteiger charge is 2.34. The molecule has 0 radical (unpaired) electrons. The molecule has 0 atom stereocenters. The van der Waals surface area contributed by atoms with Crippen molar-refractivity contribution in [3.8, 4) is 0 Å². The smallest absolute Gasteiger partial charge is 0.261 e. The van der Waals surface area contributed by atoms with Crippen LogP contribution in [-0.4, -0.2) is 28.2 Å². The number of hydrogen-bond donors (Lipinski definition) is 0. The zero-order valence-electron chi connectivity index (χ0n) is 12.7. The molecular formula is C19H13ClN2O2. The van der Waals surface area contributed by atoms with E-state index in [2.05, 4.69) is 4.98 Å². The molecule has 3 aromatic rings. The van der Waals surface area contributed by atoms with E-state index in [0.717, 1.165) is 16.5 Å². The summed E-state index contributed by atoms with van der Waals surface area (Å²) in [4.78, 5) is 30.4. The first-order valence-electron chi connectivity index (χ1n) is 7.64. The first-order valence-corrected chi connectivity index (χ1v) is 8.02. The van der Waals surface area contributed by atoms with Crippen LogP contribution in [0, 0.1) is 0 Å². The van der Waals surface area contributed by atoms with E-state index in [0.29, 0.717) is 22.7 Å². The number of amides is 2. The fourth-order valence-corrected chi connectivity index (χ4v) is 3.23. The number of benzene rings is 2. The molecule has 0 spiro atoms. The molecule has 2 aromatic carbocycles. The summed E-state index contributed by atoms with van der Waals surface area (Å²) in [5, 5.41) is 1.39. The maximum absolute atomic E-state index is 12.4. The molecule has 4 rings (SSSR count). The third kappa shape index (κ3) is 2.36. The fraction of sp³-hybridized carbons (Fsp3) is 0.105. The Morgan fingerprint density at radius 2 is 1.54 bits per heavy atom. The summed E-state index contributed by atoms with van der Waals surface area (Å²) >= 11 is 6.25. The Bertz CT molecular complexity index is 949. The van der Waals surface area contributed by atoms with Crippen LogP contribution < -0.4 is 0 Å². The molecule has 0 N–H and O–H groups in total. The van der Waals surface area contributed by atoms with Crippen LogP contribution >= 0.6 is 11.6 Å². The van der Waals surface area contributed by atoms with Gasteiger partial charge in [0.15, 0.2) is 0 Å². The van der Waals surface area contributed by atoms with E-state index in [4.69, 9.17) is 11.6 Å². The number of rotatable bonds is 3. The third-order valence-electron chi connectivity index (χ3n) is 4.23. The van der Waals surface area contributed by atoms with Crippen LogP contribution in [0.4, 0.5) is 0 Å². The number of para-hydroxylation sites is 1. The number of halogens is 1. The SMILES string of the molecule is O=C1c2ccccc2C(=O)N1CCc1cc2ccccc2nc1Cl. The molecule has 24 heavy (non-hydrogen) atoms. The minimum absolute atomic E-state index is 0.250. The summed E-state index contributed by atoms with van der Waals surface area (Å²) in [6.45, 7) is 0.284. The second-order valence-electron chi connectivity index (χ2n) is 5.69. The number of carbonyl (C=O) groups is 2. The highest BCUT2D eigenvalue weighted by molar-refractivity contribution is 6.30. The van der Waals surface area contributed by atoms with E-state index in [9.17, 15) is 9.59 Å². The molecule has 0 bridgehead atoms. The van der Waals surface area contributed by atoms with Gasteiger partial charge in [-0.2, -0.15) is 0 Å². The Morgan fingerprint density at radius 1 is 0.917 bits per heavy atom. The van der Waals surface area contributed by atoms with Gasteiger partial charge in [0, 0.05) is 11.9 Å². The molecule has 0 saturated carbocycles. The average Bonchev–Trinajstić information content (AvgIpc) is 2.84. The van der Waals surface area contributed by atoms with Gasteiger partial charge in [-0.25, -0.2) is 4.98 Å². The van der Waals surface area contributed by atoms with Gasteiger partial charge in [0.2, 0.25) is 0 Å². The summed E-state index contributed by atoms with van der Waals surface area (Å²) in [6, 6.07) is 16.5. The van der Waals surface area contributed by atoms with Gasteiger partial charge in [0.05, 0.1) is 16.6 Å². The quantitative estimate of drug-likeness (QED) is 0.541. The van der Waals surface area contributed by atoms with Crippen molar-refractivity contribution in [2.45, 2.75) is 6.42 Å². The van der Waals surface area contributed by atoms with Crippen molar-refractivity contribution in [3.05, 3.63) is 76.4 Å². The molecule has 2 amide bonds. The number of aromatic nitrogens is 1. The number of fused-ring (bicyclic) bond motifs is 2. The van der Waals surface area contributed by atoms with E-state index >= 15 is 0 Å². The van der Waals surface area contributed by atoms with Gasteiger partial charge >= 0.3 is 0 Å². The topological polar surface area (TPSA) is 50.3 Å². The number of nitrogens with zero attached hydrogens (tertiary/aromatic N) is 2. The lowest BCUT2D eigenvalue weighted by Crippen LogP contribution is -2.31. The predicted octanol–water partition coefficient (Wildman–Crippen LogP) is 3.73. The zero-order chi connectivity index (χ0) is 16.7. The predicted molar refractivity (Wildman–Crippen MR) is 92.3 cm³/mol. The molecule has 4 nitrogen and oxygen atoms in total. The Kier molecular flexibility index (Phi) is 3.54. The van der Waals surface area contributed by atoms with Crippen molar-refractivity contribution in [2.24, 2.45) is 0 Å². The number of hydrogen-bond acceptors (Lipinski definition) is 3. The lowest BCUT2D eigenvalue weighted by Gasteiger charge is -2.14. The summed E-state index contributed by atoms with van der Waals surface area (Å²) in [7, 11) is 0. The van der Waals surface area contributed by atoms with Crippen molar-refractivity contribution in [2.75, 3.05) is 6.54 Å². The van der Waals surface area contributed by atoms with Crippen molar-refractivity contribution in [1.82, 2.24) is 9.88 Å². The summed E-state index contributed by atoms with van der Waals surface area (Å²) in [6.07, 6.45) is 0.474. The number of pyridine rings is 1. The number of carbonyl (C=O) groups excluding carboxylic acids is 2. The maximum Gasteiger partial charge on any atom is 0.261 e. The zero-order valence-corrected chi connectivity index (χ0v) is 13.5. The molecular weight excluding hydrogens is 324 g/mol. The Hall–Kier alpha value is -2.72. The van der Waals surface area contributed by atoms with Gasteiger partial charge in [-0.3, -0.25) is 14.5 Å². The minimum atomic E-state index is -0.250. The Morgan fingerprint density at radius 3 is 2.25 bits per heavy atom. The highest BCUT2D eigenvalue weighted by atomic mass is 35.5. The summed E-state index contributed by atoms with van der Waals surface area (Å²) in [5.41, 5.74) is 2.58. The molecule has 1 aliphatic rings. The average molecular weight is 337 g/mol. The second kappa shape index (κ2) is 5.73. The monoisotopic (exact) mass is 336 g/mol. The van der Waals surface area contributed by atoms with E-state index < -0.39 is 0 Å². The standard InChI is InChI=1S/C19H13ClN2O2/c20-17-13(11-12-5-1-4-8-16(12)21-17)9-10-22-18(23)14-6-2-3-7-15(14)19(22)24/h1-8,11H,9-10H2. The fourth-order valence-electron chi connectivity index (χ4n) is 2.99. The molecule has 0 fully saturated rings. The van der Waals surface area contributed by atoms with Gasteiger partial charge < -0.3 is 0 Å². The maximum atomic E-state index is 12.4. The van der Waals surface area contributed by atoms with Crippen LogP contribution in [0.25, 0.3) is 10.9 Å². The van der Waals surface area contributed by atoms with E-state index in [1.54, 1.807) is 24.3 Å². The van der Waals surface area contributed by atoms with E-state index in [-0.39, 0.29) is 18.4 Å². The summed E-state index contributed by atoms with van der Waals surface area (Å²) in [5.74, 6) is -0.499. The Labute approximate surface area is 143 Å². The third-order valence-corrected chi connectivity index (χ3v) is 4.56. The number of imide groups is 1. The van der Waals surface area contributed by atoms with Gasteiger partial charge in [0.1, 0.15) is 5.15 Å². The van der Waals surface area contributed by atoms with Crippen LogP contribution in [0.5, 0.6) is 0 Å². The molecule has 2 heterocycles. The van der Waals surface area contributed by atoms with Gasteiger partial charge in [-0.05, 0) is 36.2 Å². The van der Waals surface area contributed by atoms with Crippen LogP contribution in [-0.2, 0) is 6.42 Å². The van der Waals surface area contributed by atoms with E-state index in [1.807, 2.05) is 30.3 Å². The Balaban J connectivity index is 1.59. The molecule has 1 aromatic heterocycles. The van der Waals surface area contributed by atoms with Gasteiger partial charge in [-0.1, -0.05) is 41.9 Å². The molecule has 0 unspecified atom stereocenters. The van der Waals surface area contributed by atoms with Crippen LogP contribution in [0.15, 0.2) is 54.6 Å². The molecule has 0 aliphatic carbocycles. The lowest BCUT2D eigenvalue weighted by atomic mass is 10.1. The van der Waals surface area contributed by atoms with Crippen LogP contribution in [0.2, 0.25) is 5.15 Å². The van der Waals surface area contributed by atoms with Crippen molar-refractivity contribution in [3.63, 3.8) is 0 Å². The molecule has 1 aliphatic heterocycles.